The first-order valence-electron chi connectivity index (χ1n) is 10.1. The number of nitrogens with zero attached hydrogens (tertiary/aromatic N) is 4. The Labute approximate surface area is 178 Å². The van der Waals surface area contributed by atoms with Gasteiger partial charge < -0.3 is 4.42 Å². The fraction of sp³-hybridized carbons (Fsp3) is 0.0385. The maximum absolute atomic E-state index is 5.78. The summed E-state index contributed by atoms with van der Waals surface area (Å²) in [6.07, 6.45) is 3.87. The molecule has 5 nitrogen and oxygen atoms in total. The summed E-state index contributed by atoms with van der Waals surface area (Å²) in [5, 5.41) is 11.7. The van der Waals surface area contributed by atoms with E-state index in [0.29, 0.717) is 5.89 Å². The third kappa shape index (κ3) is 3.16. The van der Waals surface area contributed by atoms with Crippen LogP contribution in [0.15, 0.2) is 83.3 Å². The number of oxazole rings is 1. The molecule has 2 aromatic heterocycles. The lowest BCUT2D eigenvalue weighted by Crippen LogP contribution is -1.97. The minimum Gasteiger partial charge on any atom is -0.437 e. The first kappa shape index (κ1) is 17.6. The van der Waals surface area contributed by atoms with Crippen LogP contribution in [0.25, 0.3) is 50.7 Å². The van der Waals surface area contributed by atoms with Gasteiger partial charge in [0, 0.05) is 11.5 Å². The number of hydrogen-bond donors (Lipinski definition) is 0. The predicted octanol–water partition coefficient (Wildman–Crippen LogP) is 6.19. The zero-order valence-corrected chi connectivity index (χ0v) is 16.9. The van der Waals surface area contributed by atoms with Crippen molar-refractivity contribution in [3.8, 4) is 5.69 Å². The van der Waals surface area contributed by atoms with Crippen LogP contribution in [-0.2, 0) is 0 Å². The summed E-state index contributed by atoms with van der Waals surface area (Å²) >= 11 is 0. The maximum atomic E-state index is 5.78. The average molecular weight is 402 g/mol. The molecule has 6 rings (SSSR count). The first-order valence-corrected chi connectivity index (χ1v) is 10.1. The Kier molecular flexibility index (Phi) is 3.93. The number of hydrogen-bond acceptors (Lipinski definition) is 4. The number of aromatic nitrogens is 4. The monoisotopic (exact) mass is 402 g/mol. The fourth-order valence-electron chi connectivity index (χ4n) is 3.78. The van der Waals surface area contributed by atoms with Crippen LogP contribution in [0.4, 0.5) is 0 Å². The van der Waals surface area contributed by atoms with Crippen LogP contribution in [-0.4, -0.2) is 20.0 Å². The van der Waals surface area contributed by atoms with E-state index in [-0.39, 0.29) is 0 Å². The molecule has 0 radical (unpaired) electrons. The van der Waals surface area contributed by atoms with Gasteiger partial charge in [0.1, 0.15) is 16.6 Å². The number of benzene rings is 4. The van der Waals surface area contributed by atoms with Gasteiger partial charge in [0.2, 0.25) is 5.89 Å². The van der Waals surface area contributed by atoms with Crippen LogP contribution in [0.3, 0.4) is 0 Å². The standard InChI is InChI=1S/C26H18N4O/c1-17-6-14-24-23(16-17)27-25(31-24)15-9-18-7-11-20(12-8-18)30-28-22-13-10-19-4-2-3-5-21(19)26(22)29-30/h2-16H,1H3/b15-9+. The van der Waals surface area contributed by atoms with Crippen LogP contribution in [0.1, 0.15) is 17.0 Å². The molecule has 0 aliphatic rings. The summed E-state index contributed by atoms with van der Waals surface area (Å²) in [6, 6.07) is 26.4. The molecule has 0 aliphatic heterocycles. The van der Waals surface area contributed by atoms with Crippen molar-refractivity contribution in [1.29, 1.82) is 0 Å². The molecule has 31 heavy (non-hydrogen) atoms. The van der Waals surface area contributed by atoms with Crippen molar-refractivity contribution in [2.45, 2.75) is 6.92 Å². The lowest BCUT2D eigenvalue weighted by molar-refractivity contribution is 0.589. The van der Waals surface area contributed by atoms with E-state index >= 15 is 0 Å². The van der Waals surface area contributed by atoms with E-state index in [0.717, 1.165) is 44.2 Å². The van der Waals surface area contributed by atoms with Gasteiger partial charge in [-0.05, 0) is 59.8 Å². The maximum Gasteiger partial charge on any atom is 0.220 e. The largest absolute Gasteiger partial charge is 0.437 e. The van der Waals surface area contributed by atoms with Crippen LogP contribution in [0.5, 0.6) is 0 Å². The Morgan fingerprint density at radius 1 is 0.806 bits per heavy atom. The number of aryl methyl sites for hydroxylation is 1. The predicted molar refractivity (Wildman–Crippen MR) is 124 cm³/mol. The van der Waals surface area contributed by atoms with Gasteiger partial charge in [0.25, 0.3) is 0 Å². The van der Waals surface area contributed by atoms with Gasteiger partial charge in [-0.3, -0.25) is 0 Å². The second-order valence-electron chi connectivity index (χ2n) is 7.59. The zero-order valence-electron chi connectivity index (χ0n) is 16.9. The van der Waals surface area contributed by atoms with Gasteiger partial charge in [0.05, 0.1) is 5.69 Å². The van der Waals surface area contributed by atoms with E-state index in [1.54, 1.807) is 4.80 Å². The Morgan fingerprint density at radius 2 is 1.68 bits per heavy atom. The van der Waals surface area contributed by atoms with Crippen molar-refractivity contribution in [2.75, 3.05) is 0 Å². The molecule has 0 saturated heterocycles. The highest BCUT2D eigenvalue weighted by atomic mass is 16.3. The van der Waals surface area contributed by atoms with Crippen molar-refractivity contribution in [3.05, 3.63) is 95.9 Å². The molecule has 0 unspecified atom stereocenters. The number of rotatable bonds is 3. The summed E-state index contributed by atoms with van der Waals surface area (Å²) in [6.45, 7) is 2.05. The molecule has 2 heterocycles. The summed E-state index contributed by atoms with van der Waals surface area (Å²) in [4.78, 5) is 6.21. The number of fused-ring (bicyclic) bond motifs is 4. The minimum absolute atomic E-state index is 0.594. The third-order valence-corrected chi connectivity index (χ3v) is 5.38. The van der Waals surface area contributed by atoms with Crippen molar-refractivity contribution in [3.63, 3.8) is 0 Å². The van der Waals surface area contributed by atoms with E-state index in [1.165, 1.54) is 5.56 Å². The van der Waals surface area contributed by atoms with Crippen LogP contribution >= 0.6 is 0 Å². The second kappa shape index (κ2) is 6.92. The average Bonchev–Trinajstić information content (AvgIpc) is 3.42. The van der Waals surface area contributed by atoms with Crippen LogP contribution < -0.4 is 0 Å². The molecule has 0 fully saturated rings. The summed E-state index contributed by atoms with van der Waals surface area (Å²) in [5.41, 5.74) is 6.59. The van der Waals surface area contributed by atoms with Gasteiger partial charge >= 0.3 is 0 Å². The molecule has 148 valence electrons. The lowest BCUT2D eigenvalue weighted by Gasteiger charge is -1.99. The fourth-order valence-corrected chi connectivity index (χ4v) is 3.78. The normalized spacial score (nSPS) is 11.9. The molecule has 0 saturated carbocycles. The van der Waals surface area contributed by atoms with E-state index in [2.05, 4.69) is 28.3 Å². The molecule has 0 atom stereocenters. The smallest absolute Gasteiger partial charge is 0.220 e. The molecule has 0 aliphatic carbocycles. The quantitative estimate of drug-likeness (QED) is 0.354. The third-order valence-electron chi connectivity index (χ3n) is 5.38. The van der Waals surface area contributed by atoms with Crippen molar-refractivity contribution >= 4 is 45.1 Å². The molecule has 0 spiro atoms. The molecule has 6 aromatic rings. The van der Waals surface area contributed by atoms with Crippen molar-refractivity contribution in [1.82, 2.24) is 20.0 Å². The molecule has 5 heteroatoms. The molecule has 4 aromatic carbocycles. The summed E-state index contributed by atoms with van der Waals surface area (Å²) in [5.74, 6) is 0.594. The van der Waals surface area contributed by atoms with E-state index in [9.17, 15) is 0 Å². The van der Waals surface area contributed by atoms with E-state index < -0.39 is 0 Å². The first-order chi connectivity index (χ1) is 15.2. The Morgan fingerprint density at radius 3 is 2.58 bits per heavy atom. The SMILES string of the molecule is Cc1ccc2oc(/C=C/c3ccc(-n4nc5ccc6ccccc6c5n4)cc3)nc2c1. The lowest BCUT2D eigenvalue weighted by atomic mass is 10.1. The second-order valence-corrected chi connectivity index (χ2v) is 7.59. The molecule has 0 amide bonds. The Balaban J connectivity index is 1.29. The van der Waals surface area contributed by atoms with Crippen LogP contribution in [0, 0.1) is 6.92 Å². The van der Waals surface area contributed by atoms with E-state index in [1.807, 2.05) is 79.7 Å². The molecule has 0 N–H and O–H groups in total. The van der Waals surface area contributed by atoms with Gasteiger partial charge in [0.15, 0.2) is 5.58 Å². The van der Waals surface area contributed by atoms with Crippen molar-refractivity contribution in [2.24, 2.45) is 0 Å². The Bertz CT molecular complexity index is 1590. The molecule has 0 bridgehead atoms. The molecular weight excluding hydrogens is 384 g/mol. The summed E-state index contributed by atoms with van der Waals surface area (Å²) < 4.78 is 5.78. The highest BCUT2D eigenvalue weighted by Crippen LogP contribution is 2.23. The highest BCUT2D eigenvalue weighted by molar-refractivity contribution is 6.03. The van der Waals surface area contributed by atoms with Gasteiger partial charge in [-0.2, -0.15) is 4.80 Å². The van der Waals surface area contributed by atoms with Gasteiger partial charge in [-0.15, -0.1) is 10.2 Å². The summed E-state index contributed by atoms with van der Waals surface area (Å²) in [7, 11) is 0. The highest BCUT2D eigenvalue weighted by Gasteiger charge is 2.08. The zero-order chi connectivity index (χ0) is 20.8. The topological polar surface area (TPSA) is 56.7 Å². The van der Waals surface area contributed by atoms with Gasteiger partial charge in [-0.1, -0.05) is 48.5 Å². The Hall–Kier alpha value is -4.25. The van der Waals surface area contributed by atoms with Crippen molar-refractivity contribution < 1.29 is 4.42 Å². The minimum atomic E-state index is 0.594. The molecular formula is C26H18N4O. The van der Waals surface area contributed by atoms with E-state index in [4.69, 9.17) is 9.52 Å². The van der Waals surface area contributed by atoms with Gasteiger partial charge in [-0.25, -0.2) is 4.98 Å². The van der Waals surface area contributed by atoms with Crippen LogP contribution in [0.2, 0.25) is 0 Å².